The van der Waals surface area contributed by atoms with Gasteiger partial charge >= 0.3 is 0 Å². The minimum atomic E-state index is 0.435. The minimum Gasteiger partial charge on any atom is -0.369 e. The van der Waals surface area contributed by atoms with Crippen molar-refractivity contribution in [3.63, 3.8) is 0 Å². The topological polar surface area (TPSA) is 50.5 Å². The van der Waals surface area contributed by atoms with Crippen molar-refractivity contribution < 1.29 is 4.79 Å². The summed E-state index contributed by atoms with van der Waals surface area (Å²) in [6.07, 6.45) is 2.44. The van der Waals surface area contributed by atoms with Crippen molar-refractivity contribution in [3.8, 4) is 16.9 Å². The number of aromatic nitrogens is 2. The van der Waals surface area contributed by atoms with E-state index in [2.05, 4.69) is 10.1 Å². The summed E-state index contributed by atoms with van der Waals surface area (Å²) in [6, 6.07) is 16.8. The highest BCUT2D eigenvalue weighted by atomic mass is 35.5. The van der Waals surface area contributed by atoms with Crippen LogP contribution in [0.4, 0.5) is 5.82 Å². The van der Waals surface area contributed by atoms with Gasteiger partial charge in [-0.1, -0.05) is 41.9 Å². The zero-order valence-corrected chi connectivity index (χ0v) is 14.7. The average molecular weight is 353 g/mol. The van der Waals surface area contributed by atoms with Crippen LogP contribution in [0.15, 0.2) is 59.6 Å². The van der Waals surface area contributed by atoms with Crippen LogP contribution >= 0.6 is 11.6 Å². The lowest BCUT2D eigenvalue weighted by atomic mass is 10.1. The lowest BCUT2D eigenvalue weighted by Crippen LogP contribution is -2.07. The van der Waals surface area contributed by atoms with Gasteiger partial charge in [0, 0.05) is 24.7 Å². The summed E-state index contributed by atoms with van der Waals surface area (Å²) in [6.45, 7) is 0. The summed E-state index contributed by atoms with van der Waals surface area (Å²) in [7, 11) is 3.74. The van der Waals surface area contributed by atoms with Crippen molar-refractivity contribution in [3.05, 3.63) is 65.2 Å². The fourth-order valence-corrected chi connectivity index (χ4v) is 2.52. The first-order chi connectivity index (χ1) is 12.1. The summed E-state index contributed by atoms with van der Waals surface area (Å²) in [5.41, 5.74) is 2.64. The normalized spacial score (nSPS) is 11.0. The molecule has 2 aromatic carbocycles. The SMILES string of the molecule is CN(C)/C=N\c1c(C=O)c(-c2ccc(Cl)cc2)nn1-c1ccccc1. The first-order valence-corrected chi connectivity index (χ1v) is 8.08. The first kappa shape index (κ1) is 16.9. The molecule has 0 fully saturated rings. The molecule has 0 N–H and O–H groups in total. The molecule has 1 heterocycles. The van der Waals surface area contributed by atoms with Gasteiger partial charge in [-0.05, 0) is 24.3 Å². The number of halogens is 1. The monoisotopic (exact) mass is 352 g/mol. The summed E-state index contributed by atoms with van der Waals surface area (Å²) in [4.78, 5) is 18.1. The maximum Gasteiger partial charge on any atom is 0.168 e. The molecule has 25 heavy (non-hydrogen) atoms. The third kappa shape index (κ3) is 3.61. The molecule has 0 aliphatic rings. The second-order valence-corrected chi connectivity index (χ2v) is 6.10. The van der Waals surface area contributed by atoms with Gasteiger partial charge in [-0.25, -0.2) is 9.67 Å². The van der Waals surface area contributed by atoms with Crippen molar-refractivity contribution >= 4 is 30.0 Å². The third-order valence-corrected chi connectivity index (χ3v) is 3.80. The van der Waals surface area contributed by atoms with Crippen LogP contribution in [0.3, 0.4) is 0 Å². The molecule has 0 unspecified atom stereocenters. The molecular weight excluding hydrogens is 336 g/mol. The first-order valence-electron chi connectivity index (χ1n) is 7.70. The van der Waals surface area contributed by atoms with E-state index in [4.69, 9.17) is 11.6 Å². The number of carbonyl (C=O) groups is 1. The molecule has 0 aliphatic heterocycles. The Kier molecular flexibility index (Phi) is 4.95. The molecule has 0 saturated heterocycles. The van der Waals surface area contributed by atoms with E-state index in [0.29, 0.717) is 22.1 Å². The fraction of sp³-hybridized carbons (Fsp3) is 0.105. The Morgan fingerprint density at radius 2 is 1.76 bits per heavy atom. The van der Waals surface area contributed by atoms with Gasteiger partial charge in [0.15, 0.2) is 12.1 Å². The van der Waals surface area contributed by atoms with Gasteiger partial charge in [-0.2, -0.15) is 5.10 Å². The van der Waals surface area contributed by atoms with Crippen LogP contribution in [0.2, 0.25) is 5.02 Å². The minimum absolute atomic E-state index is 0.435. The molecule has 0 bridgehead atoms. The molecule has 3 aromatic rings. The molecule has 0 aliphatic carbocycles. The molecule has 5 nitrogen and oxygen atoms in total. The van der Waals surface area contributed by atoms with Crippen molar-refractivity contribution in [2.45, 2.75) is 0 Å². The largest absolute Gasteiger partial charge is 0.369 e. The highest BCUT2D eigenvalue weighted by Gasteiger charge is 2.19. The van der Waals surface area contributed by atoms with E-state index >= 15 is 0 Å². The number of hydrogen-bond acceptors (Lipinski definition) is 3. The molecule has 0 saturated carbocycles. The molecule has 126 valence electrons. The van der Waals surface area contributed by atoms with Gasteiger partial charge in [0.25, 0.3) is 0 Å². The number of aliphatic imine (C=N–C) groups is 1. The van der Waals surface area contributed by atoms with Crippen LogP contribution in [0.1, 0.15) is 10.4 Å². The Balaban J connectivity index is 2.23. The van der Waals surface area contributed by atoms with Gasteiger partial charge in [-0.15, -0.1) is 0 Å². The predicted octanol–water partition coefficient (Wildman–Crippen LogP) is 4.23. The van der Waals surface area contributed by atoms with E-state index in [0.717, 1.165) is 17.5 Å². The van der Waals surface area contributed by atoms with Gasteiger partial charge in [-0.3, -0.25) is 4.79 Å². The standard InChI is InChI=1S/C19H17ClN4O/c1-23(2)13-21-19-17(12-25)18(14-8-10-15(20)11-9-14)22-24(19)16-6-4-3-5-7-16/h3-13H,1-2H3/b21-13-. The van der Waals surface area contributed by atoms with Gasteiger partial charge in [0.05, 0.1) is 17.6 Å². The molecule has 0 spiro atoms. The van der Waals surface area contributed by atoms with Crippen molar-refractivity contribution in [2.75, 3.05) is 14.1 Å². The Hall–Kier alpha value is -2.92. The smallest absolute Gasteiger partial charge is 0.168 e. The van der Waals surface area contributed by atoms with E-state index in [1.165, 1.54) is 0 Å². The molecule has 1 aromatic heterocycles. The Morgan fingerprint density at radius 3 is 2.36 bits per heavy atom. The second-order valence-electron chi connectivity index (χ2n) is 5.67. The summed E-state index contributed by atoms with van der Waals surface area (Å²) >= 11 is 5.97. The van der Waals surface area contributed by atoms with E-state index < -0.39 is 0 Å². The molecule has 6 heteroatoms. The van der Waals surface area contributed by atoms with Crippen LogP contribution in [0.25, 0.3) is 16.9 Å². The molecule has 0 amide bonds. The zero-order valence-electron chi connectivity index (χ0n) is 13.9. The Bertz CT molecular complexity index is 899. The molecule has 0 radical (unpaired) electrons. The highest BCUT2D eigenvalue weighted by Crippen LogP contribution is 2.32. The Labute approximate surface area is 151 Å². The number of nitrogens with zero attached hydrogens (tertiary/aromatic N) is 4. The third-order valence-electron chi connectivity index (χ3n) is 3.54. The highest BCUT2D eigenvalue weighted by molar-refractivity contribution is 6.30. The van der Waals surface area contributed by atoms with Crippen LogP contribution < -0.4 is 0 Å². The van der Waals surface area contributed by atoms with Crippen LogP contribution in [-0.2, 0) is 0 Å². The van der Waals surface area contributed by atoms with Gasteiger partial charge in [0.1, 0.15) is 5.69 Å². The van der Waals surface area contributed by atoms with Crippen molar-refractivity contribution in [2.24, 2.45) is 4.99 Å². The zero-order chi connectivity index (χ0) is 17.8. The van der Waals surface area contributed by atoms with E-state index in [9.17, 15) is 4.79 Å². The maximum absolute atomic E-state index is 11.8. The van der Waals surface area contributed by atoms with Crippen molar-refractivity contribution in [1.82, 2.24) is 14.7 Å². The fourth-order valence-electron chi connectivity index (χ4n) is 2.39. The average Bonchev–Trinajstić information content (AvgIpc) is 2.99. The summed E-state index contributed by atoms with van der Waals surface area (Å²) in [5.74, 6) is 0.486. The lowest BCUT2D eigenvalue weighted by molar-refractivity contribution is 0.112. The number of aldehydes is 1. The predicted molar refractivity (Wildman–Crippen MR) is 101 cm³/mol. The molecule has 0 atom stereocenters. The lowest BCUT2D eigenvalue weighted by Gasteiger charge is -2.06. The van der Waals surface area contributed by atoms with E-state index in [1.54, 1.807) is 28.1 Å². The number of rotatable bonds is 5. The number of hydrogen-bond donors (Lipinski definition) is 0. The van der Waals surface area contributed by atoms with Crippen LogP contribution in [0, 0.1) is 0 Å². The number of para-hydroxylation sites is 1. The number of benzene rings is 2. The number of carbonyl (C=O) groups excluding carboxylic acids is 1. The summed E-state index contributed by atoms with van der Waals surface area (Å²) < 4.78 is 1.67. The quantitative estimate of drug-likeness (QED) is 0.392. The summed E-state index contributed by atoms with van der Waals surface area (Å²) in [5, 5.41) is 5.27. The Morgan fingerprint density at radius 1 is 1.08 bits per heavy atom. The van der Waals surface area contributed by atoms with Crippen LogP contribution in [0.5, 0.6) is 0 Å². The second kappa shape index (κ2) is 7.32. The maximum atomic E-state index is 11.8. The van der Waals surface area contributed by atoms with Crippen LogP contribution in [-0.4, -0.2) is 41.4 Å². The molecular formula is C19H17ClN4O. The van der Waals surface area contributed by atoms with Gasteiger partial charge in [0.2, 0.25) is 0 Å². The van der Waals surface area contributed by atoms with Gasteiger partial charge < -0.3 is 4.90 Å². The van der Waals surface area contributed by atoms with Crippen molar-refractivity contribution in [1.29, 1.82) is 0 Å². The van der Waals surface area contributed by atoms with E-state index in [1.807, 2.05) is 56.6 Å². The molecule has 3 rings (SSSR count). The van der Waals surface area contributed by atoms with E-state index in [-0.39, 0.29) is 0 Å².